The van der Waals surface area contributed by atoms with E-state index in [4.69, 9.17) is 11.6 Å². The molecular formula is C20H18ClFN4O. The molecule has 0 radical (unpaired) electrons. The lowest BCUT2D eigenvalue weighted by Crippen LogP contribution is -2.45. The van der Waals surface area contributed by atoms with Crippen LogP contribution in [0.4, 0.5) is 4.39 Å². The Morgan fingerprint density at radius 3 is 2.67 bits per heavy atom. The van der Waals surface area contributed by atoms with Crippen molar-refractivity contribution in [3.05, 3.63) is 76.7 Å². The number of nitrogens with zero attached hydrogens (tertiary/aromatic N) is 2. The van der Waals surface area contributed by atoms with Gasteiger partial charge in [-0.25, -0.2) is 9.07 Å². The lowest BCUT2D eigenvalue weighted by Gasteiger charge is -2.25. The van der Waals surface area contributed by atoms with Gasteiger partial charge in [-0.2, -0.15) is 5.10 Å². The Kier molecular flexibility index (Phi) is 4.92. The van der Waals surface area contributed by atoms with E-state index in [1.54, 1.807) is 22.9 Å². The van der Waals surface area contributed by atoms with E-state index < -0.39 is 0 Å². The van der Waals surface area contributed by atoms with Gasteiger partial charge in [0.2, 0.25) is 0 Å². The lowest BCUT2D eigenvalue weighted by molar-refractivity contribution is 0.0901. The number of rotatable bonds is 5. The lowest BCUT2D eigenvalue weighted by atomic mass is 10.1. The van der Waals surface area contributed by atoms with Crippen LogP contribution in [0.15, 0.2) is 54.6 Å². The monoisotopic (exact) mass is 384 g/mol. The summed E-state index contributed by atoms with van der Waals surface area (Å²) < 4.78 is 14.9. The van der Waals surface area contributed by atoms with E-state index in [1.807, 2.05) is 24.3 Å². The molecule has 0 fully saturated rings. The smallest absolute Gasteiger partial charge is 0.269 e. The van der Waals surface area contributed by atoms with Crippen LogP contribution in [0.1, 0.15) is 22.2 Å². The second-order valence-electron chi connectivity index (χ2n) is 6.42. The first kappa shape index (κ1) is 17.7. The quantitative estimate of drug-likeness (QED) is 0.708. The fraction of sp³-hybridized carbons (Fsp3) is 0.200. The van der Waals surface area contributed by atoms with Crippen molar-refractivity contribution in [3.8, 4) is 11.3 Å². The predicted octanol–water partition coefficient (Wildman–Crippen LogP) is 3.42. The molecule has 0 bridgehead atoms. The summed E-state index contributed by atoms with van der Waals surface area (Å²) in [5, 5.41) is 11.6. The maximum atomic E-state index is 13.1. The van der Waals surface area contributed by atoms with E-state index in [0.29, 0.717) is 17.9 Å². The summed E-state index contributed by atoms with van der Waals surface area (Å²) in [7, 11) is 0. The van der Waals surface area contributed by atoms with Crippen LogP contribution >= 0.6 is 11.6 Å². The Morgan fingerprint density at radius 2 is 1.93 bits per heavy atom. The average molecular weight is 385 g/mol. The van der Waals surface area contributed by atoms with Crippen LogP contribution in [0, 0.1) is 5.82 Å². The molecule has 0 aliphatic carbocycles. The van der Waals surface area contributed by atoms with Gasteiger partial charge in [0.05, 0.1) is 12.2 Å². The molecule has 1 aromatic heterocycles. The predicted molar refractivity (Wildman–Crippen MR) is 102 cm³/mol. The van der Waals surface area contributed by atoms with E-state index in [1.165, 1.54) is 17.7 Å². The third kappa shape index (κ3) is 3.86. The van der Waals surface area contributed by atoms with Gasteiger partial charge in [0.25, 0.3) is 5.91 Å². The van der Waals surface area contributed by atoms with Crippen LogP contribution in [0.5, 0.6) is 0 Å². The highest BCUT2D eigenvalue weighted by Gasteiger charge is 2.27. The maximum Gasteiger partial charge on any atom is 0.269 e. The topological polar surface area (TPSA) is 59.0 Å². The molecule has 1 aliphatic heterocycles. The van der Waals surface area contributed by atoms with Crippen molar-refractivity contribution < 1.29 is 9.18 Å². The molecule has 1 aliphatic rings. The van der Waals surface area contributed by atoms with Crippen molar-refractivity contribution in [3.63, 3.8) is 0 Å². The fourth-order valence-corrected chi connectivity index (χ4v) is 3.25. The third-order valence-corrected chi connectivity index (χ3v) is 4.82. The number of aromatic nitrogens is 2. The van der Waals surface area contributed by atoms with E-state index >= 15 is 0 Å². The fourth-order valence-electron chi connectivity index (χ4n) is 3.12. The molecule has 7 heteroatoms. The first-order valence-electron chi connectivity index (χ1n) is 8.72. The molecule has 5 nitrogen and oxygen atoms in total. The van der Waals surface area contributed by atoms with Gasteiger partial charge in [0, 0.05) is 17.1 Å². The molecular weight excluding hydrogens is 367 g/mol. The van der Waals surface area contributed by atoms with Gasteiger partial charge in [-0.15, -0.1) is 0 Å². The van der Waals surface area contributed by atoms with Crippen molar-refractivity contribution in [1.82, 2.24) is 20.4 Å². The van der Waals surface area contributed by atoms with Crippen LogP contribution < -0.4 is 10.6 Å². The van der Waals surface area contributed by atoms with Crippen molar-refractivity contribution in [1.29, 1.82) is 0 Å². The van der Waals surface area contributed by atoms with Crippen LogP contribution in [0.25, 0.3) is 11.3 Å². The molecule has 0 saturated heterocycles. The zero-order valence-corrected chi connectivity index (χ0v) is 15.2. The van der Waals surface area contributed by atoms with E-state index in [0.717, 1.165) is 23.6 Å². The highest BCUT2D eigenvalue weighted by atomic mass is 35.5. The van der Waals surface area contributed by atoms with Gasteiger partial charge >= 0.3 is 0 Å². The molecule has 2 heterocycles. The number of halogens is 2. The number of hydrogen-bond acceptors (Lipinski definition) is 3. The molecule has 2 aromatic carbocycles. The minimum absolute atomic E-state index is 0.140. The summed E-state index contributed by atoms with van der Waals surface area (Å²) in [6.07, 6.45) is 0.697. The average Bonchev–Trinajstić information content (AvgIpc) is 3.12. The molecule has 0 saturated carbocycles. The molecule has 3 aromatic rings. The van der Waals surface area contributed by atoms with E-state index in [2.05, 4.69) is 15.7 Å². The number of hydrogen-bond donors (Lipinski definition) is 2. The van der Waals surface area contributed by atoms with Gasteiger partial charge in [0.1, 0.15) is 17.7 Å². The van der Waals surface area contributed by atoms with Crippen molar-refractivity contribution in [2.24, 2.45) is 0 Å². The van der Waals surface area contributed by atoms with Crippen LogP contribution in [-0.4, -0.2) is 28.8 Å². The Balaban J connectivity index is 1.49. The number of amides is 1. The molecule has 4 rings (SSSR count). The Hall–Kier alpha value is -2.70. The first-order valence-corrected chi connectivity index (χ1v) is 9.09. The Morgan fingerprint density at radius 1 is 1.19 bits per heavy atom. The van der Waals surface area contributed by atoms with Gasteiger partial charge in [0.15, 0.2) is 0 Å². The van der Waals surface area contributed by atoms with Gasteiger partial charge < -0.3 is 5.32 Å². The first-order chi connectivity index (χ1) is 13.1. The number of carbonyl (C=O) groups excluding carboxylic acids is 1. The van der Waals surface area contributed by atoms with Gasteiger partial charge in [-0.05, 0) is 54.4 Å². The van der Waals surface area contributed by atoms with Crippen molar-refractivity contribution in [2.45, 2.75) is 12.6 Å². The second-order valence-corrected chi connectivity index (χ2v) is 6.86. The molecule has 138 valence electrons. The molecule has 0 spiro atoms. The summed E-state index contributed by atoms with van der Waals surface area (Å²) in [6.45, 7) is 1.18. The molecule has 27 heavy (non-hydrogen) atoms. The van der Waals surface area contributed by atoms with E-state index in [9.17, 15) is 9.18 Å². The Labute approximate surface area is 161 Å². The number of benzene rings is 2. The molecule has 0 unspecified atom stereocenters. The number of nitrogens with one attached hydrogen (secondary N) is 2. The van der Waals surface area contributed by atoms with Crippen molar-refractivity contribution >= 4 is 17.5 Å². The molecule has 2 N–H and O–H groups in total. The Bertz CT molecular complexity index is 953. The van der Waals surface area contributed by atoms with Gasteiger partial charge in [-0.1, -0.05) is 23.7 Å². The zero-order chi connectivity index (χ0) is 18.8. The standard InChI is InChI=1S/C20H18ClFN4O/c21-15-5-1-13(2-6-15)9-10-23-19-12-24-20(27)18-11-17(25-26(18)19)14-3-7-16(22)8-4-14/h1-8,11,19,23H,9-10,12H2,(H,24,27)/t19-/m1/s1. The largest absolute Gasteiger partial charge is 0.347 e. The van der Waals surface area contributed by atoms with Gasteiger partial charge in [-0.3, -0.25) is 10.1 Å². The third-order valence-electron chi connectivity index (χ3n) is 4.57. The van der Waals surface area contributed by atoms with E-state index in [-0.39, 0.29) is 17.9 Å². The maximum absolute atomic E-state index is 13.1. The minimum Gasteiger partial charge on any atom is -0.347 e. The highest BCUT2D eigenvalue weighted by Crippen LogP contribution is 2.23. The zero-order valence-electron chi connectivity index (χ0n) is 14.5. The summed E-state index contributed by atoms with van der Waals surface area (Å²) in [5.74, 6) is -0.464. The SMILES string of the molecule is O=C1NC[C@H](NCCc2ccc(Cl)cc2)n2nc(-c3ccc(F)cc3)cc21. The summed E-state index contributed by atoms with van der Waals surface area (Å²) >= 11 is 5.91. The van der Waals surface area contributed by atoms with Crippen molar-refractivity contribution in [2.75, 3.05) is 13.1 Å². The number of carbonyl (C=O) groups is 1. The summed E-state index contributed by atoms with van der Waals surface area (Å²) in [6, 6.07) is 15.6. The molecule has 1 atom stereocenters. The van der Waals surface area contributed by atoms with Crippen LogP contribution in [-0.2, 0) is 6.42 Å². The summed E-state index contributed by atoms with van der Waals surface area (Å²) in [4.78, 5) is 12.2. The summed E-state index contributed by atoms with van der Waals surface area (Å²) in [5.41, 5.74) is 3.08. The van der Waals surface area contributed by atoms with Crippen LogP contribution in [0.3, 0.4) is 0 Å². The minimum atomic E-state index is -0.304. The molecule has 1 amide bonds. The number of fused-ring (bicyclic) bond motifs is 1. The normalized spacial score (nSPS) is 16.1. The second kappa shape index (κ2) is 7.50. The highest BCUT2D eigenvalue weighted by molar-refractivity contribution is 6.30. The van der Waals surface area contributed by atoms with Crippen LogP contribution in [0.2, 0.25) is 5.02 Å².